The standard InChI is InChI=1S/C13H16N2OS/c1-7-4-3-5-10(11(7)12(14)17)15-13(16)9-6-8(9)2/h3-5,8-9H,6H2,1-2H3,(H2,14,17)(H,15,16). The van der Waals surface area contributed by atoms with Crippen LogP contribution in [0.25, 0.3) is 0 Å². The Morgan fingerprint density at radius 3 is 2.71 bits per heavy atom. The minimum Gasteiger partial charge on any atom is -0.389 e. The molecule has 1 aromatic carbocycles. The number of hydrogen-bond donors (Lipinski definition) is 2. The third-order valence-corrected chi connectivity index (χ3v) is 3.43. The SMILES string of the molecule is Cc1cccc(NC(=O)C2CC2C)c1C(N)=S. The lowest BCUT2D eigenvalue weighted by atomic mass is 10.1. The molecule has 1 fully saturated rings. The first-order valence-corrected chi connectivity index (χ1v) is 6.12. The molecule has 0 bridgehead atoms. The van der Waals surface area contributed by atoms with Gasteiger partial charge in [-0.3, -0.25) is 4.79 Å². The number of rotatable bonds is 3. The summed E-state index contributed by atoms with van der Waals surface area (Å²) in [4.78, 5) is 12.2. The van der Waals surface area contributed by atoms with Crippen LogP contribution >= 0.6 is 12.2 Å². The number of nitrogens with one attached hydrogen (secondary N) is 1. The molecule has 0 aromatic heterocycles. The Bertz CT molecular complexity index is 484. The molecule has 1 aliphatic rings. The summed E-state index contributed by atoms with van der Waals surface area (Å²) in [5, 5.41) is 2.92. The largest absolute Gasteiger partial charge is 0.389 e. The van der Waals surface area contributed by atoms with Crippen LogP contribution in [0.3, 0.4) is 0 Å². The van der Waals surface area contributed by atoms with Gasteiger partial charge < -0.3 is 11.1 Å². The lowest BCUT2D eigenvalue weighted by Crippen LogP contribution is -2.20. The fourth-order valence-electron chi connectivity index (χ4n) is 2.01. The normalized spacial score (nSPS) is 22.0. The van der Waals surface area contributed by atoms with E-state index in [1.165, 1.54) is 0 Å². The average molecular weight is 248 g/mol. The summed E-state index contributed by atoms with van der Waals surface area (Å²) in [6, 6.07) is 5.67. The number of thiocarbonyl (C=S) groups is 1. The Morgan fingerprint density at radius 2 is 2.18 bits per heavy atom. The molecule has 0 spiro atoms. The van der Waals surface area contributed by atoms with E-state index in [2.05, 4.69) is 12.2 Å². The monoisotopic (exact) mass is 248 g/mol. The van der Waals surface area contributed by atoms with Crippen molar-refractivity contribution in [1.29, 1.82) is 0 Å². The quantitative estimate of drug-likeness (QED) is 0.806. The summed E-state index contributed by atoms with van der Waals surface area (Å²) in [6.07, 6.45) is 0.972. The molecule has 1 amide bonds. The Kier molecular flexibility index (Phi) is 3.15. The first kappa shape index (κ1) is 12.0. The number of anilines is 1. The second-order valence-electron chi connectivity index (χ2n) is 4.67. The highest BCUT2D eigenvalue weighted by atomic mass is 32.1. The van der Waals surface area contributed by atoms with Gasteiger partial charge in [-0.05, 0) is 30.9 Å². The third-order valence-electron chi connectivity index (χ3n) is 3.22. The highest BCUT2D eigenvalue weighted by molar-refractivity contribution is 7.80. The highest BCUT2D eigenvalue weighted by Crippen LogP contribution is 2.38. The Labute approximate surface area is 106 Å². The first-order chi connectivity index (χ1) is 8.00. The molecule has 0 aliphatic heterocycles. The molecule has 1 aliphatic carbocycles. The van der Waals surface area contributed by atoms with Gasteiger partial charge in [0, 0.05) is 11.5 Å². The zero-order valence-electron chi connectivity index (χ0n) is 9.99. The molecule has 0 saturated heterocycles. The summed E-state index contributed by atoms with van der Waals surface area (Å²) in [5.74, 6) is 0.711. The second-order valence-corrected chi connectivity index (χ2v) is 5.11. The molecule has 17 heavy (non-hydrogen) atoms. The van der Waals surface area contributed by atoms with E-state index >= 15 is 0 Å². The summed E-state index contributed by atoms with van der Waals surface area (Å²) < 4.78 is 0. The lowest BCUT2D eigenvalue weighted by molar-refractivity contribution is -0.117. The number of carbonyl (C=O) groups excluding carboxylic acids is 1. The van der Waals surface area contributed by atoms with Crippen LogP contribution in [0.5, 0.6) is 0 Å². The number of nitrogens with two attached hydrogens (primary N) is 1. The molecule has 0 radical (unpaired) electrons. The van der Waals surface area contributed by atoms with Crippen LogP contribution in [0.2, 0.25) is 0 Å². The van der Waals surface area contributed by atoms with Gasteiger partial charge in [0.25, 0.3) is 0 Å². The van der Waals surface area contributed by atoms with Crippen LogP contribution in [0.15, 0.2) is 18.2 Å². The Morgan fingerprint density at radius 1 is 1.53 bits per heavy atom. The van der Waals surface area contributed by atoms with Gasteiger partial charge in [-0.15, -0.1) is 0 Å². The molecule has 90 valence electrons. The summed E-state index contributed by atoms with van der Waals surface area (Å²) in [6.45, 7) is 4.01. The average Bonchev–Trinajstić information content (AvgIpc) is 2.95. The van der Waals surface area contributed by atoms with Crippen LogP contribution in [0, 0.1) is 18.8 Å². The predicted octanol–water partition coefficient (Wildman–Crippen LogP) is 2.22. The molecule has 2 unspecified atom stereocenters. The molecule has 2 atom stereocenters. The minimum atomic E-state index is 0.0700. The fourth-order valence-corrected chi connectivity index (χ4v) is 2.28. The van der Waals surface area contributed by atoms with E-state index in [0.29, 0.717) is 10.9 Å². The maximum Gasteiger partial charge on any atom is 0.227 e. The van der Waals surface area contributed by atoms with Crippen molar-refractivity contribution < 1.29 is 4.79 Å². The molecule has 3 N–H and O–H groups in total. The number of hydrogen-bond acceptors (Lipinski definition) is 2. The van der Waals surface area contributed by atoms with Crippen molar-refractivity contribution in [3.63, 3.8) is 0 Å². The van der Waals surface area contributed by atoms with E-state index < -0.39 is 0 Å². The van der Waals surface area contributed by atoms with Crippen LogP contribution in [0.4, 0.5) is 5.69 Å². The van der Waals surface area contributed by atoms with Crippen LogP contribution < -0.4 is 11.1 Å². The van der Waals surface area contributed by atoms with Crippen molar-refractivity contribution in [2.24, 2.45) is 17.6 Å². The number of carbonyl (C=O) groups is 1. The van der Waals surface area contributed by atoms with E-state index in [1.807, 2.05) is 25.1 Å². The van der Waals surface area contributed by atoms with E-state index in [9.17, 15) is 4.79 Å². The highest BCUT2D eigenvalue weighted by Gasteiger charge is 2.39. The van der Waals surface area contributed by atoms with Crippen molar-refractivity contribution in [2.75, 3.05) is 5.32 Å². The lowest BCUT2D eigenvalue weighted by Gasteiger charge is -2.12. The van der Waals surface area contributed by atoms with Gasteiger partial charge in [-0.25, -0.2) is 0 Å². The van der Waals surface area contributed by atoms with E-state index in [1.54, 1.807) is 0 Å². The van der Waals surface area contributed by atoms with Crippen molar-refractivity contribution in [3.8, 4) is 0 Å². The summed E-state index contributed by atoms with van der Waals surface area (Å²) in [5.41, 5.74) is 8.17. The Balaban J connectivity index is 2.23. The van der Waals surface area contributed by atoms with E-state index in [0.717, 1.165) is 23.2 Å². The smallest absolute Gasteiger partial charge is 0.227 e. The molecule has 4 heteroatoms. The van der Waals surface area contributed by atoms with Gasteiger partial charge in [0.15, 0.2) is 0 Å². The maximum atomic E-state index is 11.9. The minimum absolute atomic E-state index is 0.0700. The first-order valence-electron chi connectivity index (χ1n) is 5.71. The summed E-state index contributed by atoms with van der Waals surface area (Å²) >= 11 is 5.02. The van der Waals surface area contributed by atoms with Crippen molar-refractivity contribution in [3.05, 3.63) is 29.3 Å². The van der Waals surface area contributed by atoms with Crippen molar-refractivity contribution >= 4 is 28.8 Å². The fraction of sp³-hybridized carbons (Fsp3) is 0.385. The number of amides is 1. The molecule has 2 rings (SSSR count). The Hall–Kier alpha value is -1.42. The topological polar surface area (TPSA) is 55.1 Å². The van der Waals surface area contributed by atoms with Gasteiger partial charge in [0.05, 0.1) is 5.69 Å². The van der Waals surface area contributed by atoms with Gasteiger partial charge in [0.1, 0.15) is 4.99 Å². The number of benzene rings is 1. The number of aryl methyl sites for hydroxylation is 1. The van der Waals surface area contributed by atoms with Gasteiger partial charge >= 0.3 is 0 Å². The molecule has 3 nitrogen and oxygen atoms in total. The van der Waals surface area contributed by atoms with Crippen molar-refractivity contribution in [1.82, 2.24) is 0 Å². The zero-order valence-corrected chi connectivity index (χ0v) is 10.8. The zero-order chi connectivity index (χ0) is 12.6. The summed E-state index contributed by atoms with van der Waals surface area (Å²) in [7, 11) is 0. The maximum absolute atomic E-state index is 11.9. The van der Waals surface area contributed by atoms with Gasteiger partial charge in [-0.2, -0.15) is 0 Å². The third kappa shape index (κ3) is 2.47. The van der Waals surface area contributed by atoms with Crippen LogP contribution in [0.1, 0.15) is 24.5 Å². The second kappa shape index (κ2) is 4.45. The van der Waals surface area contributed by atoms with Crippen LogP contribution in [-0.2, 0) is 4.79 Å². The predicted molar refractivity (Wildman–Crippen MR) is 73.0 cm³/mol. The molecule has 0 heterocycles. The molecular weight excluding hydrogens is 232 g/mol. The molecule has 1 saturated carbocycles. The molecule has 1 aromatic rings. The van der Waals surface area contributed by atoms with Gasteiger partial charge in [0.2, 0.25) is 5.91 Å². The molecular formula is C13H16N2OS. The van der Waals surface area contributed by atoms with Crippen molar-refractivity contribution in [2.45, 2.75) is 20.3 Å². The van der Waals surface area contributed by atoms with Crippen LogP contribution in [-0.4, -0.2) is 10.9 Å². The van der Waals surface area contributed by atoms with E-state index in [4.69, 9.17) is 18.0 Å². The van der Waals surface area contributed by atoms with Gasteiger partial charge in [-0.1, -0.05) is 31.3 Å². The van der Waals surface area contributed by atoms with E-state index in [-0.39, 0.29) is 11.8 Å².